The smallest absolute Gasteiger partial charge is 0.351 e. The van der Waals surface area contributed by atoms with Crippen LogP contribution in [-0.2, 0) is 18.6 Å². The molecule has 0 saturated heterocycles. The number of rotatable bonds is 7. The van der Waals surface area contributed by atoms with Crippen molar-refractivity contribution in [3.8, 4) is 0 Å². The lowest BCUT2D eigenvalue weighted by Crippen LogP contribution is -2.36. The summed E-state index contributed by atoms with van der Waals surface area (Å²) >= 11 is 0. The number of halogens is 8. The van der Waals surface area contributed by atoms with E-state index in [9.17, 15) is 39.9 Å². The van der Waals surface area contributed by atoms with Crippen LogP contribution in [0.25, 0.3) is 5.65 Å². The summed E-state index contributed by atoms with van der Waals surface area (Å²) in [5.41, 5.74) is -2.98. The van der Waals surface area contributed by atoms with Gasteiger partial charge in [-0.2, -0.15) is 45.3 Å². The van der Waals surface area contributed by atoms with Crippen molar-refractivity contribution in [2.45, 2.75) is 56.9 Å². The second-order valence-corrected chi connectivity index (χ2v) is 8.21. The molecule has 0 atom stereocenters. The Morgan fingerprint density at radius 2 is 1.74 bits per heavy atom. The number of amides is 1. The molecule has 3 aromatic heterocycles. The van der Waals surface area contributed by atoms with Gasteiger partial charge in [0.1, 0.15) is 5.69 Å². The van der Waals surface area contributed by atoms with Gasteiger partial charge in [0.05, 0.1) is 0 Å². The molecule has 0 bridgehead atoms. The summed E-state index contributed by atoms with van der Waals surface area (Å²) in [6.07, 6.45) is -8.76. The van der Waals surface area contributed by atoms with Crippen molar-refractivity contribution in [2.24, 2.45) is 0 Å². The van der Waals surface area contributed by atoms with E-state index < -0.39 is 41.3 Å². The molecular formula is C20H18F8N6O. The van der Waals surface area contributed by atoms with Crippen LogP contribution in [0.5, 0.6) is 0 Å². The summed E-state index contributed by atoms with van der Waals surface area (Å²) in [4.78, 5) is 16.2. The monoisotopic (exact) mass is 510 g/mol. The first-order valence-corrected chi connectivity index (χ1v) is 10.4. The molecular weight excluding hydrogens is 492 g/mol. The molecule has 1 fully saturated rings. The molecule has 1 aliphatic rings. The van der Waals surface area contributed by atoms with Crippen LogP contribution in [0.1, 0.15) is 58.4 Å². The minimum absolute atomic E-state index is 0.00569. The van der Waals surface area contributed by atoms with Gasteiger partial charge in [-0.15, -0.1) is 0 Å². The van der Waals surface area contributed by atoms with E-state index in [0.29, 0.717) is 11.8 Å². The molecule has 0 radical (unpaired) electrons. The molecule has 1 aliphatic carbocycles. The Morgan fingerprint density at radius 3 is 2.34 bits per heavy atom. The third-order valence-electron chi connectivity index (χ3n) is 5.40. The van der Waals surface area contributed by atoms with Crippen molar-refractivity contribution in [3.63, 3.8) is 0 Å². The predicted octanol–water partition coefficient (Wildman–Crippen LogP) is 4.60. The van der Waals surface area contributed by atoms with Crippen molar-refractivity contribution in [3.05, 3.63) is 46.7 Å². The first-order valence-electron chi connectivity index (χ1n) is 10.4. The third kappa shape index (κ3) is 4.93. The van der Waals surface area contributed by atoms with Crippen molar-refractivity contribution in [1.82, 2.24) is 29.7 Å². The van der Waals surface area contributed by atoms with Crippen LogP contribution < -0.4 is 5.32 Å². The molecule has 15 heteroatoms. The van der Waals surface area contributed by atoms with Crippen LogP contribution in [0.15, 0.2) is 18.2 Å². The summed E-state index contributed by atoms with van der Waals surface area (Å²) in [5.74, 6) is -6.10. The zero-order chi connectivity index (χ0) is 25.8. The Morgan fingerprint density at radius 1 is 1.06 bits per heavy atom. The molecule has 1 amide bonds. The zero-order valence-corrected chi connectivity index (χ0v) is 18.0. The van der Waals surface area contributed by atoms with E-state index in [0.717, 1.165) is 25.0 Å². The standard InChI is InChI=1S/C20H18F8N6O/c1-10-7-15(18(21,22)20(26,27)28)34-16(30-10)8-12(31-34)17(35)29-5-2-6-33-13(11-3-4-11)9-14(32-33)19(23,24)25/h7-9,11H,2-6H2,1H3,(H,29,35). The lowest BCUT2D eigenvalue weighted by Gasteiger charge is -2.20. The number of fused-ring (bicyclic) bond motifs is 1. The lowest BCUT2D eigenvalue weighted by atomic mass is 10.2. The third-order valence-corrected chi connectivity index (χ3v) is 5.40. The highest BCUT2D eigenvalue weighted by atomic mass is 19.4. The van der Waals surface area contributed by atoms with Gasteiger partial charge in [0.25, 0.3) is 5.91 Å². The average molecular weight is 510 g/mol. The first-order chi connectivity index (χ1) is 16.2. The molecule has 0 spiro atoms. The van der Waals surface area contributed by atoms with E-state index >= 15 is 0 Å². The molecule has 0 aromatic carbocycles. The fourth-order valence-corrected chi connectivity index (χ4v) is 3.56. The van der Waals surface area contributed by atoms with Crippen LogP contribution in [-0.4, -0.2) is 43.0 Å². The van der Waals surface area contributed by atoms with Gasteiger partial charge < -0.3 is 5.32 Å². The number of nitrogens with zero attached hydrogens (tertiary/aromatic N) is 5. The summed E-state index contributed by atoms with van der Waals surface area (Å²) in [5, 5.41) is 9.58. The maximum atomic E-state index is 14.0. The van der Waals surface area contributed by atoms with Gasteiger partial charge in [0, 0.05) is 36.5 Å². The van der Waals surface area contributed by atoms with Crippen LogP contribution in [0, 0.1) is 6.92 Å². The van der Waals surface area contributed by atoms with Crippen molar-refractivity contribution in [2.75, 3.05) is 6.54 Å². The van der Waals surface area contributed by atoms with Crippen molar-refractivity contribution < 1.29 is 39.9 Å². The molecule has 0 aliphatic heterocycles. The van der Waals surface area contributed by atoms with Crippen LogP contribution in [0.2, 0.25) is 0 Å². The minimum Gasteiger partial charge on any atom is -0.351 e. The lowest BCUT2D eigenvalue weighted by molar-refractivity contribution is -0.291. The molecule has 7 nitrogen and oxygen atoms in total. The SMILES string of the molecule is Cc1cc(C(F)(F)C(F)(F)F)n2nc(C(=O)NCCCn3nc(C(F)(F)F)cc3C3CC3)cc2n1. The molecule has 1 saturated carbocycles. The van der Waals surface area contributed by atoms with Gasteiger partial charge >= 0.3 is 18.3 Å². The fraction of sp³-hybridized carbons (Fsp3) is 0.500. The molecule has 190 valence electrons. The minimum atomic E-state index is -5.89. The molecule has 35 heavy (non-hydrogen) atoms. The van der Waals surface area contributed by atoms with Crippen LogP contribution >= 0.6 is 0 Å². The normalized spacial score (nSPS) is 15.1. The topological polar surface area (TPSA) is 77.1 Å². The predicted molar refractivity (Wildman–Crippen MR) is 104 cm³/mol. The van der Waals surface area contributed by atoms with E-state index in [1.807, 2.05) is 0 Å². The van der Waals surface area contributed by atoms with Crippen LogP contribution in [0.4, 0.5) is 35.1 Å². The molecule has 3 heterocycles. The summed E-state index contributed by atoms with van der Waals surface area (Å²) in [6, 6.07) is 2.51. The molecule has 1 N–H and O–H groups in total. The number of aryl methyl sites for hydroxylation is 2. The number of hydrogen-bond acceptors (Lipinski definition) is 4. The number of nitrogens with one attached hydrogen (secondary N) is 1. The van der Waals surface area contributed by atoms with Gasteiger partial charge in [0.15, 0.2) is 17.0 Å². The van der Waals surface area contributed by atoms with Crippen LogP contribution in [0.3, 0.4) is 0 Å². The Hall–Kier alpha value is -3.26. The Bertz CT molecular complexity index is 1250. The second kappa shape index (κ2) is 8.45. The Labute approximate surface area is 192 Å². The maximum absolute atomic E-state index is 14.0. The number of aromatic nitrogens is 5. The zero-order valence-electron chi connectivity index (χ0n) is 18.0. The molecule has 4 rings (SSSR count). The molecule has 3 aromatic rings. The highest BCUT2D eigenvalue weighted by Gasteiger charge is 2.60. The van der Waals surface area contributed by atoms with E-state index in [1.54, 1.807) is 0 Å². The highest BCUT2D eigenvalue weighted by Crippen LogP contribution is 2.44. The van der Waals surface area contributed by atoms with Crippen molar-refractivity contribution in [1.29, 1.82) is 0 Å². The first kappa shape index (κ1) is 24.9. The highest BCUT2D eigenvalue weighted by molar-refractivity contribution is 5.93. The number of carbonyl (C=O) groups is 1. The number of carbonyl (C=O) groups excluding carboxylic acids is 1. The quantitative estimate of drug-likeness (QED) is 0.372. The van der Waals surface area contributed by atoms with E-state index in [2.05, 4.69) is 20.5 Å². The number of hydrogen-bond donors (Lipinski definition) is 1. The van der Waals surface area contributed by atoms with Gasteiger partial charge in [0.2, 0.25) is 0 Å². The Balaban J connectivity index is 1.45. The summed E-state index contributed by atoms with van der Waals surface area (Å²) < 4.78 is 107. The van der Waals surface area contributed by atoms with Crippen molar-refractivity contribution >= 4 is 11.6 Å². The van der Waals surface area contributed by atoms with Gasteiger partial charge in [-0.05, 0) is 38.3 Å². The van der Waals surface area contributed by atoms with Gasteiger partial charge in [-0.1, -0.05) is 0 Å². The Kier molecular flexibility index (Phi) is 6.00. The average Bonchev–Trinajstić information content (AvgIpc) is 3.33. The summed E-state index contributed by atoms with van der Waals surface area (Å²) in [6.45, 7) is 1.27. The van der Waals surface area contributed by atoms with E-state index in [-0.39, 0.29) is 41.3 Å². The van der Waals surface area contributed by atoms with Gasteiger partial charge in [-0.25, -0.2) is 9.50 Å². The van der Waals surface area contributed by atoms with E-state index in [1.165, 1.54) is 11.6 Å². The van der Waals surface area contributed by atoms with Gasteiger partial charge in [-0.3, -0.25) is 9.48 Å². The molecule has 0 unspecified atom stereocenters. The number of alkyl halides is 8. The maximum Gasteiger partial charge on any atom is 0.459 e. The fourth-order valence-electron chi connectivity index (χ4n) is 3.56. The van der Waals surface area contributed by atoms with E-state index in [4.69, 9.17) is 0 Å². The summed E-state index contributed by atoms with van der Waals surface area (Å²) in [7, 11) is 0. The largest absolute Gasteiger partial charge is 0.459 e. The second-order valence-electron chi connectivity index (χ2n) is 8.21.